The highest BCUT2D eigenvalue weighted by atomic mass is 19.4. The lowest BCUT2D eigenvalue weighted by Gasteiger charge is -2.35. The van der Waals surface area contributed by atoms with Crippen LogP contribution in [0.2, 0.25) is 0 Å². The van der Waals surface area contributed by atoms with Crippen LogP contribution in [0, 0.1) is 5.92 Å². The largest absolute Gasteiger partial charge is 0.398 e. The molecule has 0 saturated heterocycles. The van der Waals surface area contributed by atoms with Crippen molar-refractivity contribution < 1.29 is 18.3 Å². The molecule has 1 saturated carbocycles. The summed E-state index contributed by atoms with van der Waals surface area (Å²) in [5.41, 5.74) is -0.625. The molecule has 0 radical (unpaired) electrons. The molecule has 0 aliphatic heterocycles. The fourth-order valence-corrected chi connectivity index (χ4v) is 2.76. The Kier molecular flexibility index (Phi) is 3.36. The van der Waals surface area contributed by atoms with Gasteiger partial charge < -0.3 is 5.11 Å². The summed E-state index contributed by atoms with van der Waals surface area (Å²) in [6, 6.07) is 0. The third-order valence-electron chi connectivity index (χ3n) is 3.95. The van der Waals surface area contributed by atoms with Crippen LogP contribution in [0.3, 0.4) is 0 Å². The molecule has 2 unspecified atom stereocenters. The lowest BCUT2D eigenvalue weighted by atomic mass is 9.78. The Balaban J connectivity index is 1.92. The standard InChI is InChI=1S/C15H15F3N2O/c16-15(17,18)12-3-1-2-6-14(12,21)7-11-8-19-9-20-13(11)10-4-5-10/h1-3,6,8-10,12,21H,4-5,7H2. The maximum absolute atomic E-state index is 13.1. The number of nitrogens with zero attached hydrogens (tertiary/aromatic N) is 2. The molecule has 2 aliphatic rings. The van der Waals surface area contributed by atoms with E-state index in [2.05, 4.69) is 9.97 Å². The van der Waals surface area contributed by atoms with E-state index < -0.39 is 17.7 Å². The molecule has 3 rings (SSSR count). The Labute approximate surface area is 120 Å². The normalized spacial score (nSPS) is 28.9. The third-order valence-corrected chi connectivity index (χ3v) is 3.95. The Morgan fingerprint density at radius 2 is 2.05 bits per heavy atom. The van der Waals surface area contributed by atoms with E-state index in [9.17, 15) is 18.3 Å². The average molecular weight is 296 g/mol. The van der Waals surface area contributed by atoms with Crippen molar-refractivity contribution in [2.45, 2.75) is 37.0 Å². The van der Waals surface area contributed by atoms with Gasteiger partial charge in [0.25, 0.3) is 0 Å². The summed E-state index contributed by atoms with van der Waals surface area (Å²) in [4.78, 5) is 8.07. The van der Waals surface area contributed by atoms with Crippen LogP contribution in [0.5, 0.6) is 0 Å². The van der Waals surface area contributed by atoms with Gasteiger partial charge in [0.05, 0.1) is 5.69 Å². The summed E-state index contributed by atoms with van der Waals surface area (Å²) in [5, 5.41) is 10.5. The number of hydrogen-bond donors (Lipinski definition) is 1. The van der Waals surface area contributed by atoms with Gasteiger partial charge >= 0.3 is 6.18 Å². The van der Waals surface area contributed by atoms with Crippen LogP contribution < -0.4 is 0 Å². The number of aromatic nitrogens is 2. The van der Waals surface area contributed by atoms with Gasteiger partial charge in [-0.05, 0) is 18.4 Å². The minimum atomic E-state index is -4.49. The second-order valence-corrected chi connectivity index (χ2v) is 5.64. The van der Waals surface area contributed by atoms with Crippen LogP contribution in [0.1, 0.15) is 30.0 Å². The number of hydrogen-bond acceptors (Lipinski definition) is 3. The van der Waals surface area contributed by atoms with Gasteiger partial charge in [-0.25, -0.2) is 9.97 Å². The fraction of sp³-hybridized carbons (Fsp3) is 0.467. The predicted molar refractivity (Wildman–Crippen MR) is 70.5 cm³/mol. The van der Waals surface area contributed by atoms with Crippen LogP contribution in [0.15, 0.2) is 36.8 Å². The van der Waals surface area contributed by atoms with Gasteiger partial charge in [-0.2, -0.15) is 13.2 Å². The molecular weight excluding hydrogens is 281 g/mol. The lowest BCUT2D eigenvalue weighted by molar-refractivity contribution is -0.200. The monoisotopic (exact) mass is 296 g/mol. The molecule has 1 fully saturated rings. The molecule has 1 aromatic heterocycles. The molecule has 1 aromatic rings. The summed E-state index contributed by atoms with van der Waals surface area (Å²) in [6.45, 7) is 0. The Bertz CT molecular complexity index is 593. The first-order valence-corrected chi connectivity index (χ1v) is 6.84. The number of allylic oxidation sites excluding steroid dienone is 2. The first-order chi connectivity index (χ1) is 9.90. The van der Waals surface area contributed by atoms with E-state index in [4.69, 9.17) is 0 Å². The molecular formula is C15H15F3N2O. The smallest absolute Gasteiger partial charge is 0.384 e. The highest BCUT2D eigenvalue weighted by molar-refractivity contribution is 5.31. The van der Waals surface area contributed by atoms with Crippen molar-refractivity contribution in [3.05, 3.63) is 48.1 Å². The van der Waals surface area contributed by atoms with Gasteiger partial charge in [-0.15, -0.1) is 0 Å². The minimum Gasteiger partial charge on any atom is -0.384 e. The first-order valence-electron chi connectivity index (χ1n) is 6.84. The maximum Gasteiger partial charge on any atom is 0.398 e. The second kappa shape index (κ2) is 4.94. The molecule has 112 valence electrons. The zero-order chi connectivity index (χ0) is 15.1. The fourth-order valence-electron chi connectivity index (χ4n) is 2.76. The van der Waals surface area contributed by atoms with E-state index in [1.165, 1.54) is 30.8 Å². The van der Waals surface area contributed by atoms with Crippen molar-refractivity contribution in [3.8, 4) is 0 Å². The van der Waals surface area contributed by atoms with Crippen molar-refractivity contribution in [2.75, 3.05) is 0 Å². The minimum absolute atomic E-state index is 0.134. The van der Waals surface area contributed by atoms with Crippen molar-refractivity contribution in [2.24, 2.45) is 5.92 Å². The van der Waals surface area contributed by atoms with Gasteiger partial charge in [0.1, 0.15) is 17.8 Å². The quantitative estimate of drug-likeness (QED) is 0.933. The first kappa shape index (κ1) is 14.3. The van der Waals surface area contributed by atoms with Crippen molar-refractivity contribution in [1.82, 2.24) is 9.97 Å². The molecule has 0 amide bonds. The SMILES string of the molecule is OC1(Cc2cncnc2C2CC2)C=CC=CC1C(F)(F)F. The number of alkyl halides is 3. The molecule has 0 aromatic carbocycles. The summed E-state index contributed by atoms with van der Waals surface area (Å²) >= 11 is 0. The molecule has 6 heteroatoms. The summed E-state index contributed by atoms with van der Waals surface area (Å²) < 4.78 is 39.4. The van der Waals surface area contributed by atoms with E-state index in [0.29, 0.717) is 11.5 Å². The third kappa shape index (κ3) is 2.85. The average Bonchev–Trinajstić information content (AvgIpc) is 3.22. The Morgan fingerprint density at radius 3 is 2.71 bits per heavy atom. The molecule has 0 bridgehead atoms. The highest BCUT2D eigenvalue weighted by Crippen LogP contribution is 2.44. The molecule has 3 nitrogen and oxygen atoms in total. The predicted octanol–water partition coefficient (Wildman–Crippen LogP) is 2.93. The van der Waals surface area contributed by atoms with Crippen molar-refractivity contribution in [1.29, 1.82) is 0 Å². The Morgan fingerprint density at radius 1 is 1.29 bits per heavy atom. The van der Waals surface area contributed by atoms with Crippen LogP contribution in [0.4, 0.5) is 13.2 Å². The van der Waals surface area contributed by atoms with E-state index in [1.807, 2.05) is 0 Å². The second-order valence-electron chi connectivity index (χ2n) is 5.64. The van der Waals surface area contributed by atoms with Crippen molar-refractivity contribution in [3.63, 3.8) is 0 Å². The zero-order valence-corrected chi connectivity index (χ0v) is 11.2. The number of halogens is 3. The molecule has 21 heavy (non-hydrogen) atoms. The van der Waals surface area contributed by atoms with Crippen LogP contribution in [0.25, 0.3) is 0 Å². The van der Waals surface area contributed by atoms with Gasteiger partial charge in [0.15, 0.2) is 0 Å². The number of rotatable bonds is 3. The summed E-state index contributed by atoms with van der Waals surface area (Å²) in [6.07, 6.45) is 5.24. The van der Waals surface area contributed by atoms with E-state index >= 15 is 0 Å². The van der Waals surface area contributed by atoms with Crippen molar-refractivity contribution >= 4 is 0 Å². The molecule has 1 N–H and O–H groups in total. The lowest BCUT2D eigenvalue weighted by Crippen LogP contribution is -2.46. The van der Waals surface area contributed by atoms with Crippen LogP contribution in [-0.4, -0.2) is 26.9 Å². The molecule has 1 heterocycles. The van der Waals surface area contributed by atoms with E-state index in [0.717, 1.165) is 24.6 Å². The van der Waals surface area contributed by atoms with Gasteiger partial charge in [-0.3, -0.25) is 0 Å². The van der Waals surface area contributed by atoms with E-state index in [1.54, 1.807) is 0 Å². The van der Waals surface area contributed by atoms with Gasteiger partial charge in [0, 0.05) is 18.5 Å². The molecule has 0 spiro atoms. The molecule has 2 aliphatic carbocycles. The maximum atomic E-state index is 13.1. The van der Waals surface area contributed by atoms with Crippen LogP contribution in [-0.2, 0) is 6.42 Å². The zero-order valence-electron chi connectivity index (χ0n) is 11.2. The van der Waals surface area contributed by atoms with Gasteiger partial charge in [0.2, 0.25) is 0 Å². The van der Waals surface area contributed by atoms with Crippen LogP contribution >= 0.6 is 0 Å². The van der Waals surface area contributed by atoms with Gasteiger partial charge in [-0.1, -0.05) is 24.3 Å². The summed E-state index contributed by atoms with van der Waals surface area (Å²) in [7, 11) is 0. The van der Waals surface area contributed by atoms with E-state index in [-0.39, 0.29) is 6.42 Å². The summed E-state index contributed by atoms with van der Waals surface area (Å²) in [5.74, 6) is -1.62. The molecule has 2 atom stereocenters. The highest BCUT2D eigenvalue weighted by Gasteiger charge is 2.51. The topological polar surface area (TPSA) is 46.0 Å². The Hall–Kier alpha value is -1.69. The number of aliphatic hydroxyl groups is 1.